The van der Waals surface area contributed by atoms with E-state index in [2.05, 4.69) is 0 Å². The summed E-state index contributed by atoms with van der Waals surface area (Å²) >= 11 is 1.12. The van der Waals surface area contributed by atoms with Crippen LogP contribution in [0.15, 0.2) is 16.8 Å². The van der Waals surface area contributed by atoms with Crippen molar-refractivity contribution in [2.75, 3.05) is 0 Å². The average Bonchev–Trinajstić information content (AvgIpc) is 2.34. The van der Waals surface area contributed by atoms with Crippen LogP contribution in [0.25, 0.3) is 0 Å². The van der Waals surface area contributed by atoms with Gasteiger partial charge in [-0.1, -0.05) is 0 Å². The minimum atomic E-state index is -4.55. The van der Waals surface area contributed by atoms with Crippen LogP contribution in [0.4, 0.5) is 13.2 Å². The number of hydrogen-bond acceptors (Lipinski definition) is 2. The Morgan fingerprint density at radius 1 is 1.45 bits per heavy atom. The molecule has 0 bridgehead atoms. The highest BCUT2D eigenvalue weighted by Crippen LogP contribution is 2.32. The van der Waals surface area contributed by atoms with Gasteiger partial charge in [0.1, 0.15) is 0 Å². The topological polar surface area (TPSA) is 20.2 Å². The summed E-state index contributed by atoms with van der Waals surface area (Å²) in [7, 11) is 0. The van der Waals surface area contributed by atoms with Crippen LogP contribution in [0, 0.1) is 0 Å². The molecular weight excluding hydrogens is 177 g/mol. The van der Waals surface area contributed by atoms with Gasteiger partial charge in [0.2, 0.25) is 0 Å². The second kappa shape index (κ2) is 2.83. The lowest BCUT2D eigenvalue weighted by Crippen LogP contribution is -2.19. The normalized spacial score (nSPS) is 14.9. The minimum Gasteiger partial charge on any atom is -0.379 e. The van der Waals surface area contributed by atoms with Gasteiger partial charge < -0.3 is 5.11 Å². The molecule has 1 N–H and O–H groups in total. The maximum absolute atomic E-state index is 11.8. The molecule has 1 heterocycles. The van der Waals surface area contributed by atoms with E-state index in [0.29, 0.717) is 0 Å². The van der Waals surface area contributed by atoms with Gasteiger partial charge in [0.25, 0.3) is 0 Å². The Kier molecular flexibility index (Phi) is 2.20. The van der Waals surface area contributed by atoms with Crippen LogP contribution in [0.3, 0.4) is 0 Å². The average molecular weight is 182 g/mol. The summed E-state index contributed by atoms with van der Waals surface area (Å²) in [4.78, 5) is 0. The van der Waals surface area contributed by atoms with Crippen molar-refractivity contribution in [3.05, 3.63) is 22.4 Å². The molecule has 0 saturated carbocycles. The van der Waals surface area contributed by atoms with Crippen LogP contribution in [-0.4, -0.2) is 11.3 Å². The van der Waals surface area contributed by atoms with Gasteiger partial charge in [0.15, 0.2) is 6.10 Å². The summed E-state index contributed by atoms with van der Waals surface area (Å²) in [5.41, 5.74) is -0.0949. The molecule has 0 amide bonds. The highest BCUT2D eigenvalue weighted by atomic mass is 32.1. The summed E-state index contributed by atoms with van der Waals surface area (Å²) < 4.78 is 35.3. The first-order valence-corrected chi connectivity index (χ1v) is 3.73. The van der Waals surface area contributed by atoms with Gasteiger partial charge >= 0.3 is 6.18 Å². The van der Waals surface area contributed by atoms with Crippen molar-refractivity contribution in [1.29, 1.82) is 0 Å². The van der Waals surface area contributed by atoms with Crippen LogP contribution in [0.1, 0.15) is 11.7 Å². The monoisotopic (exact) mass is 182 g/mol. The van der Waals surface area contributed by atoms with Crippen LogP contribution < -0.4 is 0 Å². The zero-order valence-corrected chi connectivity index (χ0v) is 6.12. The van der Waals surface area contributed by atoms with Crippen LogP contribution in [-0.2, 0) is 0 Å². The Morgan fingerprint density at radius 2 is 2.09 bits per heavy atom. The SMILES string of the molecule is O[C@@H](c1ccsc1)C(F)(F)F. The summed E-state index contributed by atoms with van der Waals surface area (Å²) in [6.45, 7) is 0. The molecule has 1 nitrogen and oxygen atoms in total. The van der Waals surface area contributed by atoms with E-state index in [-0.39, 0.29) is 5.56 Å². The maximum Gasteiger partial charge on any atom is 0.418 e. The van der Waals surface area contributed by atoms with E-state index >= 15 is 0 Å². The van der Waals surface area contributed by atoms with E-state index in [4.69, 9.17) is 5.11 Å². The maximum atomic E-state index is 11.8. The van der Waals surface area contributed by atoms with Crippen LogP contribution >= 0.6 is 11.3 Å². The van der Waals surface area contributed by atoms with Gasteiger partial charge in [-0.3, -0.25) is 0 Å². The van der Waals surface area contributed by atoms with E-state index in [1.807, 2.05) is 0 Å². The smallest absolute Gasteiger partial charge is 0.379 e. The van der Waals surface area contributed by atoms with Gasteiger partial charge in [-0.25, -0.2) is 0 Å². The lowest BCUT2D eigenvalue weighted by Gasteiger charge is -2.12. The molecule has 0 spiro atoms. The molecule has 0 saturated heterocycles. The molecule has 0 aliphatic heterocycles. The van der Waals surface area contributed by atoms with Crippen molar-refractivity contribution in [1.82, 2.24) is 0 Å². The number of aliphatic hydroxyl groups is 1. The summed E-state index contributed by atoms with van der Waals surface area (Å²) in [5, 5.41) is 11.4. The minimum absolute atomic E-state index is 0.0949. The number of alkyl halides is 3. The molecule has 5 heteroatoms. The third kappa shape index (κ3) is 1.94. The van der Waals surface area contributed by atoms with E-state index in [1.165, 1.54) is 16.8 Å². The first kappa shape index (κ1) is 8.55. The molecule has 1 rings (SSSR count). The predicted molar refractivity (Wildman–Crippen MR) is 35.3 cm³/mol. The Balaban J connectivity index is 2.78. The van der Waals surface area contributed by atoms with Gasteiger partial charge in [-0.15, -0.1) is 0 Å². The number of halogens is 3. The van der Waals surface area contributed by atoms with Crippen molar-refractivity contribution in [2.24, 2.45) is 0 Å². The molecule has 11 heavy (non-hydrogen) atoms. The second-order valence-electron chi connectivity index (χ2n) is 2.00. The summed E-state index contributed by atoms with van der Waals surface area (Å²) in [5.74, 6) is 0. The van der Waals surface area contributed by atoms with E-state index in [0.717, 1.165) is 11.3 Å². The summed E-state index contributed by atoms with van der Waals surface area (Å²) in [6, 6.07) is 1.25. The Bertz CT molecular complexity index is 216. The zero-order chi connectivity index (χ0) is 8.48. The number of aliphatic hydroxyl groups excluding tert-OH is 1. The Labute approximate surface area is 65.1 Å². The fourth-order valence-corrected chi connectivity index (χ4v) is 1.30. The molecule has 1 aromatic rings. The molecule has 0 unspecified atom stereocenters. The predicted octanol–water partition coefficient (Wildman–Crippen LogP) is 2.34. The van der Waals surface area contributed by atoms with Gasteiger partial charge in [-0.05, 0) is 16.8 Å². The fraction of sp³-hybridized carbons (Fsp3) is 0.333. The molecule has 1 aromatic heterocycles. The molecule has 0 aliphatic rings. The Hall–Kier alpha value is -0.550. The highest BCUT2D eigenvalue weighted by Gasteiger charge is 2.39. The fourth-order valence-electron chi connectivity index (χ4n) is 0.620. The molecular formula is C6H5F3OS. The third-order valence-electron chi connectivity index (χ3n) is 1.17. The van der Waals surface area contributed by atoms with Crippen molar-refractivity contribution >= 4 is 11.3 Å². The number of hydrogen-bond donors (Lipinski definition) is 1. The van der Waals surface area contributed by atoms with Crippen molar-refractivity contribution in [2.45, 2.75) is 12.3 Å². The van der Waals surface area contributed by atoms with Gasteiger partial charge in [0, 0.05) is 5.56 Å². The largest absolute Gasteiger partial charge is 0.418 e. The second-order valence-corrected chi connectivity index (χ2v) is 2.78. The van der Waals surface area contributed by atoms with Crippen molar-refractivity contribution in [3.8, 4) is 0 Å². The molecule has 0 fully saturated rings. The van der Waals surface area contributed by atoms with Gasteiger partial charge in [-0.2, -0.15) is 24.5 Å². The van der Waals surface area contributed by atoms with Crippen LogP contribution in [0.5, 0.6) is 0 Å². The van der Waals surface area contributed by atoms with Gasteiger partial charge in [0.05, 0.1) is 0 Å². The quantitative estimate of drug-likeness (QED) is 0.706. The van der Waals surface area contributed by atoms with E-state index < -0.39 is 12.3 Å². The summed E-state index contributed by atoms with van der Waals surface area (Å²) in [6.07, 6.45) is -6.89. The molecule has 62 valence electrons. The van der Waals surface area contributed by atoms with Crippen molar-refractivity contribution < 1.29 is 18.3 Å². The molecule has 0 aliphatic carbocycles. The number of thiophene rings is 1. The first-order valence-electron chi connectivity index (χ1n) is 2.78. The molecule has 0 aromatic carbocycles. The van der Waals surface area contributed by atoms with E-state index in [9.17, 15) is 13.2 Å². The number of rotatable bonds is 1. The lowest BCUT2D eigenvalue weighted by atomic mass is 10.2. The third-order valence-corrected chi connectivity index (χ3v) is 1.87. The van der Waals surface area contributed by atoms with Crippen LogP contribution in [0.2, 0.25) is 0 Å². The van der Waals surface area contributed by atoms with Crippen molar-refractivity contribution in [3.63, 3.8) is 0 Å². The highest BCUT2D eigenvalue weighted by molar-refractivity contribution is 7.07. The van der Waals surface area contributed by atoms with E-state index in [1.54, 1.807) is 0 Å². The Morgan fingerprint density at radius 3 is 2.45 bits per heavy atom. The molecule has 0 radical (unpaired) electrons. The first-order chi connectivity index (χ1) is 5.02. The standard InChI is InChI=1S/C6H5F3OS/c7-6(8,9)5(10)4-1-2-11-3-4/h1-3,5,10H/t5-/m0/s1. The zero-order valence-electron chi connectivity index (χ0n) is 5.30. The molecule has 1 atom stereocenters. The lowest BCUT2D eigenvalue weighted by molar-refractivity contribution is -0.206.